The van der Waals surface area contributed by atoms with Gasteiger partial charge in [0.15, 0.2) is 0 Å². The van der Waals surface area contributed by atoms with Crippen molar-refractivity contribution in [3.8, 4) is 0 Å². The Morgan fingerprint density at radius 1 is 1.40 bits per heavy atom. The molecular formula is C11H22N2O2. The van der Waals surface area contributed by atoms with Crippen LogP contribution in [-0.2, 0) is 4.84 Å². The van der Waals surface area contributed by atoms with Crippen LogP contribution < -0.4 is 5.32 Å². The first-order valence-electron chi connectivity index (χ1n) is 5.86. The Morgan fingerprint density at radius 3 is 2.73 bits per heavy atom. The monoisotopic (exact) mass is 214 g/mol. The molecule has 4 nitrogen and oxygen atoms in total. The van der Waals surface area contributed by atoms with Gasteiger partial charge in [0.05, 0.1) is 19.3 Å². The summed E-state index contributed by atoms with van der Waals surface area (Å²) in [4.78, 5) is 5.43. The third-order valence-electron chi connectivity index (χ3n) is 4.31. The number of aliphatic hydroxyl groups is 1. The van der Waals surface area contributed by atoms with Gasteiger partial charge in [-0.2, -0.15) is 5.06 Å². The number of nitrogens with zero attached hydrogens (tertiary/aromatic N) is 1. The molecule has 2 atom stereocenters. The van der Waals surface area contributed by atoms with Crippen LogP contribution >= 0.6 is 0 Å². The minimum atomic E-state index is -0.224. The van der Waals surface area contributed by atoms with E-state index in [-0.39, 0.29) is 17.7 Å². The molecule has 0 saturated carbocycles. The van der Waals surface area contributed by atoms with Crippen molar-refractivity contribution in [1.82, 2.24) is 10.4 Å². The maximum Gasteiger partial charge on any atom is 0.0871 e. The van der Waals surface area contributed by atoms with Gasteiger partial charge in [-0.15, -0.1) is 0 Å². The summed E-state index contributed by atoms with van der Waals surface area (Å²) in [5.41, 5.74) is -0.230. The molecule has 0 radical (unpaired) electrons. The predicted molar refractivity (Wildman–Crippen MR) is 58.4 cm³/mol. The number of hydroxylamine groups is 2. The highest BCUT2D eigenvalue weighted by molar-refractivity contribution is 5.12. The maximum atomic E-state index is 9.78. The van der Waals surface area contributed by atoms with Crippen LogP contribution in [0.1, 0.15) is 32.6 Å². The van der Waals surface area contributed by atoms with Crippen molar-refractivity contribution < 1.29 is 9.94 Å². The van der Waals surface area contributed by atoms with Gasteiger partial charge < -0.3 is 15.3 Å². The molecule has 0 aromatic carbocycles. The van der Waals surface area contributed by atoms with Crippen LogP contribution in [0.25, 0.3) is 0 Å². The fourth-order valence-electron chi connectivity index (χ4n) is 3.30. The summed E-state index contributed by atoms with van der Waals surface area (Å²) in [6, 6.07) is 0. The molecule has 0 aromatic heterocycles. The quantitative estimate of drug-likeness (QED) is 0.719. The summed E-state index contributed by atoms with van der Waals surface area (Å²) >= 11 is 0. The Hall–Kier alpha value is -0.160. The highest BCUT2D eigenvalue weighted by Crippen LogP contribution is 2.42. The van der Waals surface area contributed by atoms with E-state index in [1.54, 1.807) is 7.11 Å². The van der Waals surface area contributed by atoms with Crippen molar-refractivity contribution in [3.63, 3.8) is 0 Å². The predicted octanol–water partition coefficient (Wildman–Crippen LogP) is 0.517. The Kier molecular flexibility index (Phi) is 3.03. The lowest BCUT2D eigenvalue weighted by Gasteiger charge is -2.47. The largest absolute Gasteiger partial charge is 0.394 e. The van der Waals surface area contributed by atoms with Gasteiger partial charge in [0.1, 0.15) is 0 Å². The summed E-state index contributed by atoms with van der Waals surface area (Å²) in [7, 11) is 1.70. The molecule has 2 fully saturated rings. The van der Waals surface area contributed by atoms with E-state index in [9.17, 15) is 5.11 Å². The van der Waals surface area contributed by atoms with Gasteiger partial charge in [-0.25, -0.2) is 0 Å². The Morgan fingerprint density at radius 2 is 2.20 bits per heavy atom. The first kappa shape index (κ1) is 11.3. The van der Waals surface area contributed by atoms with E-state index in [1.165, 1.54) is 6.42 Å². The molecule has 2 aliphatic rings. The summed E-state index contributed by atoms with van der Waals surface area (Å²) in [5.74, 6) is 0. The van der Waals surface area contributed by atoms with E-state index in [0.717, 1.165) is 32.4 Å². The van der Waals surface area contributed by atoms with Gasteiger partial charge in [0.25, 0.3) is 0 Å². The SMILES string of the molecule is CON1CCC[C@]1(CO)[C@@]1(C)CCCN1. The van der Waals surface area contributed by atoms with Crippen molar-refractivity contribution in [2.24, 2.45) is 0 Å². The van der Waals surface area contributed by atoms with Crippen molar-refractivity contribution in [2.45, 2.75) is 43.7 Å². The molecule has 2 saturated heterocycles. The lowest BCUT2D eigenvalue weighted by Crippen LogP contribution is -2.66. The van der Waals surface area contributed by atoms with Gasteiger partial charge in [-0.05, 0) is 39.2 Å². The molecule has 88 valence electrons. The highest BCUT2D eigenvalue weighted by atomic mass is 16.7. The number of hydrogen-bond acceptors (Lipinski definition) is 4. The molecule has 2 aliphatic heterocycles. The van der Waals surface area contributed by atoms with Gasteiger partial charge in [-0.3, -0.25) is 0 Å². The average Bonchev–Trinajstić information content (AvgIpc) is 2.84. The average molecular weight is 214 g/mol. The number of hydrogen-bond donors (Lipinski definition) is 2. The second kappa shape index (κ2) is 4.01. The van der Waals surface area contributed by atoms with E-state index in [4.69, 9.17) is 4.84 Å². The zero-order valence-electron chi connectivity index (χ0n) is 9.75. The topological polar surface area (TPSA) is 44.7 Å². The number of aliphatic hydroxyl groups excluding tert-OH is 1. The minimum absolute atomic E-state index is 0.00569. The first-order chi connectivity index (χ1) is 7.18. The normalized spacial score (nSPS) is 42.6. The van der Waals surface area contributed by atoms with Crippen LogP contribution in [0, 0.1) is 0 Å². The summed E-state index contributed by atoms with van der Waals surface area (Å²) in [6.45, 7) is 4.36. The number of nitrogens with one attached hydrogen (secondary N) is 1. The van der Waals surface area contributed by atoms with Crippen LogP contribution in [0.15, 0.2) is 0 Å². The van der Waals surface area contributed by atoms with E-state index in [2.05, 4.69) is 12.2 Å². The molecule has 2 N–H and O–H groups in total. The zero-order chi connectivity index (χ0) is 10.9. The smallest absolute Gasteiger partial charge is 0.0871 e. The van der Waals surface area contributed by atoms with Crippen molar-refractivity contribution in [3.05, 3.63) is 0 Å². The molecule has 0 unspecified atom stereocenters. The van der Waals surface area contributed by atoms with E-state index >= 15 is 0 Å². The second-order valence-corrected chi connectivity index (χ2v) is 4.94. The molecular weight excluding hydrogens is 192 g/mol. The number of rotatable bonds is 3. The molecule has 4 heteroatoms. The standard InChI is InChI=1S/C11H22N2O2/c1-10(5-3-7-12-10)11(9-14)6-4-8-13(11)15-2/h12,14H,3-9H2,1-2H3/t10-,11+/m1/s1. The van der Waals surface area contributed by atoms with E-state index in [0.29, 0.717) is 0 Å². The lowest BCUT2D eigenvalue weighted by atomic mass is 9.76. The third kappa shape index (κ3) is 1.51. The first-order valence-corrected chi connectivity index (χ1v) is 5.86. The summed E-state index contributed by atoms with van der Waals surface area (Å²) in [5, 5.41) is 15.3. The molecule has 0 bridgehead atoms. The van der Waals surface area contributed by atoms with Crippen LogP contribution in [0.5, 0.6) is 0 Å². The van der Waals surface area contributed by atoms with Crippen LogP contribution in [0.4, 0.5) is 0 Å². The van der Waals surface area contributed by atoms with Gasteiger partial charge in [-0.1, -0.05) is 0 Å². The van der Waals surface area contributed by atoms with Crippen LogP contribution in [0.3, 0.4) is 0 Å². The maximum absolute atomic E-state index is 9.78. The van der Waals surface area contributed by atoms with E-state index < -0.39 is 0 Å². The van der Waals surface area contributed by atoms with Crippen molar-refractivity contribution in [2.75, 3.05) is 26.8 Å². The molecule has 15 heavy (non-hydrogen) atoms. The van der Waals surface area contributed by atoms with Crippen molar-refractivity contribution in [1.29, 1.82) is 0 Å². The van der Waals surface area contributed by atoms with E-state index in [1.807, 2.05) is 5.06 Å². The van der Waals surface area contributed by atoms with Gasteiger partial charge >= 0.3 is 0 Å². The fraction of sp³-hybridized carbons (Fsp3) is 1.00. The highest BCUT2D eigenvalue weighted by Gasteiger charge is 2.55. The molecule has 2 heterocycles. The third-order valence-corrected chi connectivity index (χ3v) is 4.31. The molecule has 0 aliphatic carbocycles. The van der Waals surface area contributed by atoms with Gasteiger partial charge in [0, 0.05) is 12.1 Å². The Labute approximate surface area is 91.5 Å². The summed E-state index contributed by atoms with van der Waals surface area (Å²) in [6.07, 6.45) is 4.43. The van der Waals surface area contributed by atoms with Crippen LogP contribution in [-0.4, -0.2) is 48.1 Å². The molecule has 0 aromatic rings. The second-order valence-electron chi connectivity index (χ2n) is 4.94. The molecule has 2 rings (SSSR count). The fourth-order valence-corrected chi connectivity index (χ4v) is 3.30. The lowest BCUT2D eigenvalue weighted by molar-refractivity contribution is -0.213. The summed E-state index contributed by atoms with van der Waals surface area (Å²) < 4.78 is 0. The molecule has 0 spiro atoms. The molecule has 0 amide bonds. The van der Waals surface area contributed by atoms with Gasteiger partial charge in [0.2, 0.25) is 0 Å². The minimum Gasteiger partial charge on any atom is -0.394 e. The Bertz CT molecular complexity index is 229. The Balaban J connectivity index is 2.26. The van der Waals surface area contributed by atoms with Crippen molar-refractivity contribution >= 4 is 0 Å². The zero-order valence-corrected chi connectivity index (χ0v) is 9.75. The van der Waals surface area contributed by atoms with Crippen LogP contribution in [0.2, 0.25) is 0 Å².